The number of nitrogens with one attached hydrogen (secondary N) is 3. The van der Waals surface area contributed by atoms with E-state index >= 15 is 0 Å². The molecule has 4 aromatic rings. The van der Waals surface area contributed by atoms with Gasteiger partial charge in [-0.15, -0.1) is 0 Å². The average molecular weight is 619 g/mol. The summed E-state index contributed by atoms with van der Waals surface area (Å²) in [6.45, 7) is 0.615. The highest BCUT2D eigenvalue weighted by Gasteiger charge is 2.36. The third kappa shape index (κ3) is 8.58. The molecule has 0 bridgehead atoms. The Labute approximate surface area is 243 Å². The molecular weight excluding hydrogens is 592 g/mol. The average Bonchev–Trinajstić information content (AvgIpc) is 3.42. The number of nitrogens with zero attached hydrogens (tertiary/aromatic N) is 5. The molecule has 0 aliphatic heterocycles. The molecule has 0 saturated heterocycles. The number of aliphatic hydroxyl groups is 1. The first-order valence-corrected chi connectivity index (χ1v) is 14.5. The number of alkyl halides is 3. The fourth-order valence-electron chi connectivity index (χ4n) is 3.93. The minimum Gasteiger partial charge on any atom is -0.810 e. The van der Waals surface area contributed by atoms with E-state index in [9.17, 15) is 32.3 Å². The summed E-state index contributed by atoms with van der Waals surface area (Å²) in [5.41, 5.74) is 0.0240. The van der Waals surface area contributed by atoms with Crippen molar-refractivity contribution in [2.75, 3.05) is 24.3 Å². The minimum absolute atomic E-state index is 0.0578. The van der Waals surface area contributed by atoms with Crippen LogP contribution in [0.25, 0.3) is 11.3 Å². The van der Waals surface area contributed by atoms with Gasteiger partial charge in [0.2, 0.25) is 5.95 Å². The number of aromatic nitrogens is 5. The van der Waals surface area contributed by atoms with Crippen molar-refractivity contribution in [3.05, 3.63) is 71.8 Å². The second kappa shape index (κ2) is 13.3. The molecule has 13 nitrogen and oxygen atoms in total. The number of carbonyl (C=O) groups is 1. The van der Waals surface area contributed by atoms with Gasteiger partial charge in [-0.1, -0.05) is 19.7 Å². The van der Waals surface area contributed by atoms with Crippen molar-refractivity contribution in [3.63, 3.8) is 0 Å². The smallest absolute Gasteiger partial charge is 0.421 e. The first kappa shape index (κ1) is 31.6. The number of aryl methyl sites for hydroxylation is 1. The first-order valence-electron chi connectivity index (χ1n) is 12.8. The summed E-state index contributed by atoms with van der Waals surface area (Å²) < 4.78 is 54.3. The lowest BCUT2D eigenvalue weighted by atomic mass is 10.1. The number of rotatable bonds is 12. The highest BCUT2D eigenvalue weighted by Crippen LogP contribution is 2.36. The van der Waals surface area contributed by atoms with Crippen LogP contribution in [0.5, 0.6) is 0 Å². The second-order valence-corrected chi connectivity index (χ2v) is 10.8. The van der Waals surface area contributed by atoms with Gasteiger partial charge in [-0.05, 0) is 42.7 Å². The summed E-state index contributed by atoms with van der Waals surface area (Å²) in [5.74, 6) is -1.56. The van der Waals surface area contributed by atoms with Gasteiger partial charge in [0.1, 0.15) is 11.4 Å². The van der Waals surface area contributed by atoms with Crippen molar-refractivity contribution in [2.45, 2.75) is 31.7 Å². The molecule has 1 aromatic carbocycles. The highest BCUT2D eigenvalue weighted by molar-refractivity contribution is 7.47. The number of anilines is 4. The fourth-order valence-corrected chi connectivity index (χ4v) is 4.59. The van der Waals surface area contributed by atoms with E-state index in [1.54, 1.807) is 17.1 Å². The van der Waals surface area contributed by atoms with Crippen molar-refractivity contribution in [2.24, 2.45) is 0 Å². The van der Waals surface area contributed by atoms with Crippen LogP contribution in [-0.4, -0.2) is 49.4 Å². The largest absolute Gasteiger partial charge is 0.810 e. The molecule has 4 N–H and O–H groups in total. The zero-order valence-corrected chi connectivity index (χ0v) is 23.5. The van der Waals surface area contributed by atoms with Crippen LogP contribution >= 0.6 is 7.60 Å². The van der Waals surface area contributed by atoms with Crippen LogP contribution in [0.2, 0.25) is 0 Å². The highest BCUT2D eigenvalue weighted by atomic mass is 31.2. The molecule has 0 spiro atoms. The number of unbranched alkanes of at least 4 members (excludes halogenated alkanes) is 1. The maximum Gasteiger partial charge on any atom is 0.421 e. The van der Waals surface area contributed by atoms with Gasteiger partial charge in [0, 0.05) is 50.0 Å². The van der Waals surface area contributed by atoms with Crippen LogP contribution in [0, 0.1) is 0 Å². The van der Waals surface area contributed by atoms with E-state index in [1.807, 2.05) is 0 Å². The molecule has 0 aliphatic carbocycles. The molecule has 0 atom stereocenters. The monoisotopic (exact) mass is 618 g/mol. The number of halogens is 3. The Balaban J connectivity index is 1.63. The molecule has 43 heavy (non-hydrogen) atoms. The summed E-state index contributed by atoms with van der Waals surface area (Å²) in [6.07, 6.45) is -0.411. The Morgan fingerprint density at radius 3 is 2.44 bits per heavy atom. The van der Waals surface area contributed by atoms with E-state index < -0.39 is 37.2 Å². The number of hydrogen-bond acceptors (Lipinski definition) is 11. The maximum absolute atomic E-state index is 13.9. The van der Waals surface area contributed by atoms with Gasteiger partial charge in [0.05, 0.1) is 17.6 Å². The van der Waals surface area contributed by atoms with E-state index in [2.05, 4.69) is 36.0 Å². The predicted octanol–water partition coefficient (Wildman–Crippen LogP) is 2.79. The molecule has 17 heteroatoms. The van der Waals surface area contributed by atoms with Crippen molar-refractivity contribution >= 4 is 36.6 Å². The molecular formula is C26H26F3N8O5P-2. The number of carbonyl (C=O) groups excluding carboxylic acids is 1. The molecule has 3 heterocycles. The third-order valence-corrected chi connectivity index (χ3v) is 6.75. The molecule has 1 amide bonds. The summed E-state index contributed by atoms with van der Waals surface area (Å²) in [6, 6.07) is 8.49. The van der Waals surface area contributed by atoms with Crippen LogP contribution in [0.3, 0.4) is 0 Å². The summed E-state index contributed by atoms with van der Waals surface area (Å²) in [5, 5.41) is 20.9. The lowest BCUT2D eigenvalue weighted by Gasteiger charge is -2.29. The van der Waals surface area contributed by atoms with Gasteiger partial charge in [-0.2, -0.15) is 23.3 Å². The number of benzene rings is 1. The maximum atomic E-state index is 13.9. The number of amides is 1. The normalized spacial score (nSPS) is 11.8. The number of aliphatic hydroxyl groups excluding tert-OH is 1. The van der Waals surface area contributed by atoms with Gasteiger partial charge in [-0.3, -0.25) is 9.48 Å². The molecule has 3 aromatic heterocycles. The van der Waals surface area contributed by atoms with E-state index in [-0.39, 0.29) is 29.5 Å². The van der Waals surface area contributed by atoms with Crippen LogP contribution in [0.4, 0.5) is 36.3 Å². The number of hydrogen-bond donors (Lipinski definition) is 4. The zero-order chi connectivity index (χ0) is 31.2. The molecule has 0 unspecified atom stereocenters. The minimum atomic E-state index is -4.85. The van der Waals surface area contributed by atoms with Crippen molar-refractivity contribution in [3.8, 4) is 11.3 Å². The number of pyridine rings is 1. The van der Waals surface area contributed by atoms with Crippen LogP contribution in [0.1, 0.15) is 34.5 Å². The lowest BCUT2D eigenvalue weighted by molar-refractivity contribution is -0.314. The van der Waals surface area contributed by atoms with Gasteiger partial charge in [0.15, 0.2) is 5.69 Å². The topological polar surface area (TPSA) is 193 Å². The Morgan fingerprint density at radius 2 is 1.79 bits per heavy atom. The predicted molar refractivity (Wildman–Crippen MR) is 147 cm³/mol. The molecule has 0 aliphatic rings. The Kier molecular flexibility index (Phi) is 9.76. The van der Waals surface area contributed by atoms with E-state index in [0.717, 1.165) is 0 Å². The quantitative estimate of drug-likeness (QED) is 0.135. The van der Waals surface area contributed by atoms with E-state index in [4.69, 9.17) is 5.11 Å². The Hall–Kier alpha value is -4.37. The van der Waals surface area contributed by atoms with Crippen LogP contribution in [-0.2, 0) is 23.4 Å². The van der Waals surface area contributed by atoms with E-state index in [0.29, 0.717) is 42.5 Å². The standard InChI is InChI=1S/C26H28F3N8O5P/c1-30-24(39)22-21(9-8-20(34-22)17-12-32-37(14-17)10-2-3-11-38)35-23-19(26(27,28)29)13-31-25(36-23)33-18-6-4-16(5-7-18)15-43(40,41)42/h4-9,12-14,38H,2-3,10-11,15H2,1H3,(H,30,39)(H2,40,41,42)(H2,31,33,35,36)/p-2. The van der Waals surface area contributed by atoms with Crippen molar-refractivity contribution in [1.82, 2.24) is 30.0 Å². The van der Waals surface area contributed by atoms with Gasteiger partial charge in [-0.25, -0.2) is 9.97 Å². The molecule has 0 saturated carbocycles. The third-order valence-electron chi connectivity index (χ3n) is 6.00. The Bertz CT molecular complexity index is 1630. The molecule has 228 valence electrons. The first-order chi connectivity index (χ1) is 20.4. The Morgan fingerprint density at radius 1 is 1.05 bits per heavy atom. The van der Waals surface area contributed by atoms with Crippen molar-refractivity contribution < 1.29 is 37.4 Å². The second-order valence-electron chi connectivity index (χ2n) is 9.26. The summed E-state index contributed by atoms with van der Waals surface area (Å²) >= 11 is 0. The molecule has 0 fully saturated rings. The fraction of sp³-hybridized carbons (Fsp3) is 0.269. The van der Waals surface area contributed by atoms with Gasteiger partial charge < -0.3 is 35.4 Å². The molecule has 4 rings (SSSR count). The van der Waals surface area contributed by atoms with Crippen LogP contribution in [0.15, 0.2) is 55.0 Å². The molecule has 0 radical (unpaired) electrons. The van der Waals surface area contributed by atoms with Crippen molar-refractivity contribution in [1.29, 1.82) is 0 Å². The van der Waals surface area contributed by atoms with E-state index in [1.165, 1.54) is 43.4 Å². The zero-order valence-electron chi connectivity index (χ0n) is 22.6. The SMILES string of the molecule is CNC(=O)c1nc(-c2cnn(CCCCO)c2)ccc1Nc1nc(Nc2ccc(CP(=O)([O-])[O-])cc2)ncc1C(F)(F)F. The summed E-state index contributed by atoms with van der Waals surface area (Å²) in [7, 11) is -3.42. The lowest BCUT2D eigenvalue weighted by Crippen LogP contribution is -2.21. The van der Waals surface area contributed by atoms with Gasteiger partial charge in [0.25, 0.3) is 5.91 Å². The van der Waals surface area contributed by atoms with Gasteiger partial charge >= 0.3 is 6.18 Å². The van der Waals surface area contributed by atoms with Crippen LogP contribution < -0.4 is 25.7 Å². The summed E-state index contributed by atoms with van der Waals surface area (Å²) in [4.78, 5) is 46.8.